The Kier molecular flexibility index (Phi) is 5.39. The zero-order valence-electron chi connectivity index (χ0n) is 15.6. The first-order valence-electron chi connectivity index (χ1n) is 9.05. The molecule has 1 aliphatic heterocycles. The third-order valence-electron chi connectivity index (χ3n) is 4.95. The third kappa shape index (κ3) is 3.63. The molecule has 3 heterocycles. The highest BCUT2D eigenvalue weighted by Crippen LogP contribution is 2.36. The molecule has 2 atom stereocenters. The monoisotopic (exact) mass is 358 g/mol. The normalized spacial score (nSPS) is 20.4. The summed E-state index contributed by atoms with van der Waals surface area (Å²) in [5, 5.41) is 11.5. The molecule has 2 aromatic heterocycles. The molecule has 1 fully saturated rings. The standard InChI is InChI=1S/C18H26N6O2/c1-4-24-16(25)6-5-14(17(24)15-7-8-20-22(15)3)18(26)19-9-10-23-12-13(2)11-21-23/h7-8,11-12,14,17H,4-6,9-10H2,1-3H3,(H,19,26)/t14-,17-/m0/s1. The number of rotatable bonds is 6. The Bertz CT molecular complexity index is 780. The summed E-state index contributed by atoms with van der Waals surface area (Å²) >= 11 is 0. The first kappa shape index (κ1) is 18.2. The fourth-order valence-corrected chi connectivity index (χ4v) is 3.65. The highest BCUT2D eigenvalue weighted by Gasteiger charge is 2.41. The molecule has 0 saturated carbocycles. The van der Waals surface area contributed by atoms with Gasteiger partial charge in [-0.25, -0.2) is 0 Å². The minimum atomic E-state index is -0.277. The van der Waals surface area contributed by atoms with Gasteiger partial charge < -0.3 is 10.2 Å². The second-order valence-corrected chi connectivity index (χ2v) is 6.72. The first-order chi connectivity index (χ1) is 12.5. The molecule has 1 saturated heterocycles. The van der Waals surface area contributed by atoms with Crippen molar-refractivity contribution in [1.29, 1.82) is 0 Å². The molecule has 0 unspecified atom stereocenters. The Labute approximate surface area is 153 Å². The van der Waals surface area contributed by atoms with Crippen LogP contribution >= 0.6 is 0 Å². The van der Waals surface area contributed by atoms with Crippen molar-refractivity contribution in [1.82, 2.24) is 29.8 Å². The molecule has 8 nitrogen and oxygen atoms in total. The van der Waals surface area contributed by atoms with Crippen LogP contribution in [-0.4, -0.2) is 49.4 Å². The van der Waals surface area contributed by atoms with Crippen LogP contribution in [0.15, 0.2) is 24.7 Å². The fraction of sp³-hybridized carbons (Fsp3) is 0.556. The van der Waals surface area contributed by atoms with E-state index < -0.39 is 0 Å². The van der Waals surface area contributed by atoms with E-state index in [1.807, 2.05) is 37.8 Å². The van der Waals surface area contributed by atoms with E-state index in [0.29, 0.717) is 32.5 Å². The number of nitrogens with zero attached hydrogens (tertiary/aromatic N) is 5. The fourth-order valence-electron chi connectivity index (χ4n) is 3.65. The van der Waals surface area contributed by atoms with Gasteiger partial charge in [0.1, 0.15) is 0 Å². The molecule has 0 radical (unpaired) electrons. The van der Waals surface area contributed by atoms with Gasteiger partial charge in [0.2, 0.25) is 11.8 Å². The van der Waals surface area contributed by atoms with Gasteiger partial charge in [-0.05, 0) is 31.9 Å². The summed E-state index contributed by atoms with van der Waals surface area (Å²) in [6.07, 6.45) is 6.41. The number of hydrogen-bond donors (Lipinski definition) is 1. The topological polar surface area (TPSA) is 85.1 Å². The third-order valence-corrected chi connectivity index (χ3v) is 4.95. The average molecular weight is 358 g/mol. The molecule has 1 aliphatic rings. The van der Waals surface area contributed by atoms with Crippen LogP contribution in [0.3, 0.4) is 0 Å². The van der Waals surface area contributed by atoms with Gasteiger partial charge in [0.25, 0.3) is 0 Å². The zero-order valence-corrected chi connectivity index (χ0v) is 15.6. The molecule has 0 bridgehead atoms. The second kappa shape index (κ2) is 7.72. The molecule has 140 valence electrons. The maximum atomic E-state index is 12.9. The highest BCUT2D eigenvalue weighted by atomic mass is 16.2. The van der Waals surface area contributed by atoms with Gasteiger partial charge in [-0.1, -0.05) is 0 Å². The van der Waals surface area contributed by atoms with Crippen molar-refractivity contribution in [3.63, 3.8) is 0 Å². The molecule has 3 rings (SSSR count). The summed E-state index contributed by atoms with van der Waals surface area (Å²) in [4.78, 5) is 27.0. The Hall–Kier alpha value is -2.64. The minimum absolute atomic E-state index is 0.0222. The second-order valence-electron chi connectivity index (χ2n) is 6.72. The highest BCUT2D eigenvalue weighted by molar-refractivity contribution is 5.84. The molecule has 26 heavy (non-hydrogen) atoms. The van der Waals surface area contributed by atoms with Crippen LogP contribution in [-0.2, 0) is 23.2 Å². The lowest BCUT2D eigenvalue weighted by molar-refractivity contribution is -0.143. The van der Waals surface area contributed by atoms with E-state index in [9.17, 15) is 9.59 Å². The number of nitrogens with one attached hydrogen (secondary N) is 1. The molecular weight excluding hydrogens is 332 g/mol. The van der Waals surface area contributed by atoms with E-state index in [1.165, 1.54) is 0 Å². The summed E-state index contributed by atoms with van der Waals surface area (Å²) in [5.41, 5.74) is 1.99. The van der Waals surface area contributed by atoms with Crippen LogP contribution in [0.25, 0.3) is 0 Å². The van der Waals surface area contributed by atoms with E-state index >= 15 is 0 Å². The van der Waals surface area contributed by atoms with Gasteiger partial charge in [0, 0.05) is 39.0 Å². The smallest absolute Gasteiger partial charge is 0.225 e. The van der Waals surface area contributed by atoms with Gasteiger partial charge in [0.05, 0.1) is 30.4 Å². The molecule has 0 spiro atoms. The summed E-state index contributed by atoms with van der Waals surface area (Å²) in [7, 11) is 1.84. The number of carbonyl (C=O) groups is 2. The van der Waals surface area contributed by atoms with E-state index in [1.54, 1.807) is 22.0 Å². The van der Waals surface area contributed by atoms with Crippen LogP contribution in [0.4, 0.5) is 0 Å². The van der Waals surface area contributed by atoms with Crippen LogP contribution in [0, 0.1) is 12.8 Å². The van der Waals surface area contributed by atoms with Gasteiger partial charge in [-0.15, -0.1) is 0 Å². The number of carbonyl (C=O) groups excluding carboxylic acids is 2. The van der Waals surface area contributed by atoms with Crippen molar-refractivity contribution in [2.24, 2.45) is 13.0 Å². The molecule has 0 aliphatic carbocycles. The summed E-state index contributed by atoms with van der Waals surface area (Å²) in [6.45, 7) is 5.64. The van der Waals surface area contributed by atoms with E-state index in [4.69, 9.17) is 0 Å². The molecule has 2 aromatic rings. The van der Waals surface area contributed by atoms with E-state index in [2.05, 4.69) is 15.5 Å². The molecule has 0 aromatic carbocycles. The number of likely N-dealkylation sites (tertiary alicyclic amines) is 1. The number of aryl methyl sites for hydroxylation is 2. The summed E-state index contributed by atoms with van der Waals surface area (Å²) in [5.74, 6) is -0.205. The number of amides is 2. The maximum Gasteiger partial charge on any atom is 0.225 e. The van der Waals surface area contributed by atoms with Gasteiger partial charge >= 0.3 is 0 Å². The maximum absolute atomic E-state index is 12.9. The quantitative estimate of drug-likeness (QED) is 0.836. The van der Waals surface area contributed by atoms with E-state index in [-0.39, 0.29) is 23.8 Å². The van der Waals surface area contributed by atoms with Gasteiger partial charge in [-0.3, -0.25) is 19.0 Å². The van der Waals surface area contributed by atoms with Crippen LogP contribution in [0.2, 0.25) is 0 Å². The predicted octanol–water partition coefficient (Wildman–Crippen LogP) is 1.04. The number of aromatic nitrogens is 4. The lowest BCUT2D eigenvalue weighted by Gasteiger charge is -2.40. The molecular formula is C18H26N6O2. The van der Waals surface area contributed by atoms with Crippen molar-refractivity contribution >= 4 is 11.8 Å². The summed E-state index contributed by atoms with van der Waals surface area (Å²) in [6, 6.07) is 1.61. The van der Waals surface area contributed by atoms with Crippen molar-refractivity contribution in [3.05, 3.63) is 35.9 Å². The Morgan fingerprint density at radius 2 is 2.19 bits per heavy atom. The number of hydrogen-bond acceptors (Lipinski definition) is 4. The zero-order chi connectivity index (χ0) is 18.7. The molecule has 8 heteroatoms. The van der Waals surface area contributed by atoms with Crippen LogP contribution < -0.4 is 5.32 Å². The molecule has 1 N–H and O–H groups in total. The van der Waals surface area contributed by atoms with E-state index in [0.717, 1.165) is 11.3 Å². The Morgan fingerprint density at radius 3 is 2.81 bits per heavy atom. The summed E-state index contributed by atoms with van der Waals surface area (Å²) < 4.78 is 3.57. The van der Waals surface area contributed by atoms with Crippen molar-refractivity contribution in [3.8, 4) is 0 Å². The number of piperidine rings is 1. The van der Waals surface area contributed by atoms with Gasteiger partial charge in [0.15, 0.2) is 0 Å². The average Bonchev–Trinajstić information content (AvgIpc) is 3.22. The Morgan fingerprint density at radius 1 is 1.38 bits per heavy atom. The van der Waals surface area contributed by atoms with Gasteiger partial charge in [-0.2, -0.15) is 10.2 Å². The minimum Gasteiger partial charge on any atom is -0.354 e. The van der Waals surface area contributed by atoms with Crippen molar-refractivity contribution < 1.29 is 9.59 Å². The lowest BCUT2D eigenvalue weighted by Crippen LogP contribution is -2.48. The lowest BCUT2D eigenvalue weighted by atomic mass is 9.85. The SMILES string of the molecule is CCN1C(=O)CC[C@H](C(=O)NCCn2cc(C)cn2)[C@H]1c1ccnn1C. The van der Waals surface area contributed by atoms with Crippen molar-refractivity contribution in [2.75, 3.05) is 13.1 Å². The first-order valence-corrected chi connectivity index (χ1v) is 9.05. The van der Waals surface area contributed by atoms with Crippen LogP contribution in [0.1, 0.15) is 37.1 Å². The Balaban J connectivity index is 1.71. The largest absolute Gasteiger partial charge is 0.354 e. The molecule has 2 amide bonds. The predicted molar refractivity (Wildman–Crippen MR) is 96.0 cm³/mol. The van der Waals surface area contributed by atoms with Crippen LogP contribution in [0.5, 0.6) is 0 Å². The van der Waals surface area contributed by atoms with Crippen molar-refractivity contribution in [2.45, 2.75) is 39.3 Å².